The molecule has 2 aromatic carbocycles. The monoisotopic (exact) mass is 310 g/mol. The van der Waals surface area contributed by atoms with E-state index in [0.29, 0.717) is 15.6 Å². The summed E-state index contributed by atoms with van der Waals surface area (Å²) in [5.41, 5.74) is 1.46. The molecule has 0 bridgehead atoms. The van der Waals surface area contributed by atoms with Gasteiger partial charge in [0.05, 0.1) is 26.6 Å². The maximum absolute atomic E-state index is 11.0. The topological polar surface area (TPSA) is 55.2 Å². The molecule has 0 saturated carbocycles. The van der Waals surface area contributed by atoms with E-state index in [1.165, 1.54) is 6.07 Å². The van der Waals surface area contributed by atoms with Gasteiger partial charge in [-0.3, -0.25) is 10.1 Å². The number of halogens is 2. The lowest BCUT2D eigenvalue weighted by Gasteiger charge is -2.16. The third-order valence-electron chi connectivity index (χ3n) is 2.90. The van der Waals surface area contributed by atoms with Crippen LogP contribution >= 0.6 is 23.2 Å². The number of nitrogens with zero attached hydrogens (tertiary/aromatic N) is 1. The molecule has 0 spiro atoms. The predicted octanol–water partition coefficient (Wildman–Crippen LogP) is 5.07. The van der Waals surface area contributed by atoms with Crippen LogP contribution in [0.5, 0.6) is 0 Å². The minimum Gasteiger partial charge on any atom is -0.378 e. The zero-order valence-corrected chi connectivity index (χ0v) is 12.2. The van der Waals surface area contributed by atoms with Gasteiger partial charge >= 0.3 is 0 Å². The Bertz CT molecular complexity index is 647. The molecule has 1 unspecified atom stereocenters. The van der Waals surface area contributed by atoms with Crippen molar-refractivity contribution in [3.8, 4) is 0 Å². The van der Waals surface area contributed by atoms with Crippen LogP contribution in [-0.2, 0) is 0 Å². The quantitative estimate of drug-likeness (QED) is 0.633. The molecular formula is C14H12Cl2N2O2. The van der Waals surface area contributed by atoms with Crippen molar-refractivity contribution >= 4 is 34.6 Å². The summed E-state index contributed by atoms with van der Waals surface area (Å²) in [5, 5.41) is 15.1. The average molecular weight is 311 g/mol. The van der Waals surface area contributed by atoms with E-state index in [9.17, 15) is 10.1 Å². The number of anilines is 1. The van der Waals surface area contributed by atoms with Crippen LogP contribution in [0.1, 0.15) is 18.5 Å². The van der Waals surface area contributed by atoms with Crippen molar-refractivity contribution in [2.45, 2.75) is 13.0 Å². The molecule has 0 radical (unpaired) electrons. The third kappa shape index (κ3) is 3.21. The van der Waals surface area contributed by atoms with Crippen molar-refractivity contribution in [3.63, 3.8) is 0 Å². The first kappa shape index (κ1) is 14.6. The SMILES string of the molecule is CC(Nc1ccc(Cl)c(Cl)c1)c1ccccc1[N+](=O)[O-]. The summed E-state index contributed by atoms with van der Waals surface area (Å²) in [6.07, 6.45) is 0. The molecule has 0 saturated heterocycles. The highest BCUT2D eigenvalue weighted by Crippen LogP contribution is 2.30. The Labute approximate surface area is 126 Å². The van der Waals surface area contributed by atoms with Crippen LogP contribution in [0.15, 0.2) is 42.5 Å². The summed E-state index contributed by atoms with van der Waals surface area (Å²) in [6.45, 7) is 1.85. The molecule has 0 aliphatic carbocycles. The molecule has 20 heavy (non-hydrogen) atoms. The maximum Gasteiger partial charge on any atom is 0.274 e. The van der Waals surface area contributed by atoms with Crippen molar-refractivity contribution in [1.82, 2.24) is 0 Å². The van der Waals surface area contributed by atoms with Crippen molar-refractivity contribution < 1.29 is 4.92 Å². The zero-order valence-electron chi connectivity index (χ0n) is 10.6. The summed E-state index contributed by atoms with van der Waals surface area (Å²) in [7, 11) is 0. The molecule has 0 fully saturated rings. The Morgan fingerprint density at radius 3 is 2.50 bits per heavy atom. The number of rotatable bonds is 4. The van der Waals surface area contributed by atoms with Gasteiger partial charge in [-0.15, -0.1) is 0 Å². The summed E-state index contributed by atoms with van der Waals surface area (Å²) in [4.78, 5) is 10.6. The van der Waals surface area contributed by atoms with E-state index in [4.69, 9.17) is 23.2 Å². The molecule has 0 amide bonds. The van der Waals surface area contributed by atoms with Crippen LogP contribution in [0.3, 0.4) is 0 Å². The Kier molecular flexibility index (Phi) is 4.47. The minimum absolute atomic E-state index is 0.0903. The third-order valence-corrected chi connectivity index (χ3v) is 3.64. The van der Waals surface area contributed by atoms with Gasteiger partial charge in [0.25, 0.3) is 5.69 Å². The molecule has 4 nitrogen and oxygen atoms in total. The highest BCUT2D eigenvalue weighted by molar-refractivity contribution is 6.42. The maximum atomic E-state index is 11.0. The Morgan fingerprint density at radius 1 is 1.15 bits per heavy atom. The standard InChI is InChI=1S/C14H12Cl2N2O2/c1-9(11-4-2-3-5-14(11)18(19)20)17-10-6-7-12(15)13(16)8-10/h2-9,17H,1H3. The molecule has 104 valence electrons. The normalized spacial score (nSPS) is 11.9. The van der Waals surface area contributed by atoms with Gasteiger partial charge in [-0.05, 0) is 25.1 Å². The van der Waals surface area contributed by atoms with Gasteiger partial charge in [0.15, 0.2) is 0 Å². The Morgan fingerprint density at radius 2 is 1.85 bits per heavy atom. The second-order valence-corrected chi connectivity index (χ2v) is 5.13. The van der Waals surface area contributed by atoms with Gasteiger partial charge in [-0.1, -0.05) is 41.4 Å². The lowest BCUT2D eigenvalue weighted by molar-refractivity contribution is -0.385. The van der Waals surface area contributed by atoms with Crippen LogP contribution in [0.4, 0.5) is 11.4 Å². The minimum atomic E-state index is -0.387. The first-order valence-corrected chi connectivity index (χ1v) is 6.69. The number of hydrogen-bond acceptors (Lipinski definition) is 3. The van der Waals surface area contributed by atoms with E-state index in [1.54, 1.807) is 36.4 Å². The lowest BCUT2D eigenvalue weighted by atomic mass is 10.1. The highest BCUT2D eigenvalue weighted by Gasteiger charge is 2.18. The van der Waals surface area contributed by atoms with Crippen LogP contribution in [0.2, 0.25) is 10.0 Å². The number of nitrogens with one attached hydrogen (secondary N) is 1. The van der Waals surface area contributed by atoms with E-state index in [-0.39, 0.29) is 16.7 Å². The number of para-hydroxylation sites is 1. The summed E-state index contributed by atoms with van der Waals surface area (Å²) >= 11 is 11.8. The fourth-order valence-electron chi connectivity index (χ4n) is 1.93. The van der Waals surface area contributed by atoms with Crippen LogP contribution < -0.4 is 5.32 Å². The highest BCUT2D eigenvalue weighted by atomic mass is 35.5. The van der Waals surface area contributed by atoms with Gasteiger partial charge in [0.1, 0.15) is 0 Å². The van der Waals surface area contributed by atoms with E-state index >= 15 is 0 Å². The Balaban J connectivity index is 2.26. The van der Waals surface area contributed by atoms with Gasteiger partial charge in [0, 0.05) is 11.8 Å². The molecule has 1 N–H and O–H groups in total. The average Bonchev–Trinajstić information content (AvgIpc) is 2.43. The summed E-state index contributed by atoms with van der Waals surface area (Å²) in [5.74, 6) is 0. The summed E-state index contributed by atoms with van der Waals surface area (Å²) < 4.78 is 0. The smallest absolute Gasteiger partial charge is 0.274 e. The van der Waals surface area contributed by atoms with Crippen molar-refractivity contribution in [1.29, 1.82) is 0 Å². The number of nitro groups is 1. The fraction of sp³-hybridized carbons (Fsp3) is 0.143. The first-order valence-electron chi connectivity index (χ1n) is 5.94. The van der Waals surface area contributed by atoms with Gasteiger partial charge in [-0.2, -0.15) is 0 Å². The second kappa shape index (κ2) is 6.11. The van der Waals surface area contributed by atoms with Crippen LogP contribution in [0.25, 0.3) is 0 Å². The van der Waals surface area contributed by atoms with Crippen molar-refractivity contribution in [2.24, 2.45) is 0 Å². The van der Waals surface area contributed by atoms with Crippen LogP contribution in [-0.4, -0.2) is 4.92 Å². The number of nitro benzene ring substituents is 1. The lowest BCUT2D eigenvalue weighted by Crippen LogP contribution is -2.09. The summed E-state index contributed by atoms with van der Waals surface area (Å²) in [6, 6.07) is 11.6. The molecule has 2 aromatic rings. The number of hydrogen-bond donors (Lipinski definition) is 1. The molecule has 0 aromatic heterocycles. The van der Waals surface area contributed by atoms with Crippen molar-refractivity contribution in [3.05, 3.63) is 68.2 Å². The first-order chi connectivity index (χ1) is 9.49. The molecule has 0 aliphatic rings. The van der Waals surface area contributed by atoms with E-state index in [2.05, 4.69) is 5.32 Å². The molecule has 1 atom stereocenters. The fourth-order valence-corrected chi connectivity index (χ4v) is 2.23. The Hall–Kier alpha value is -1.78. The molecule has 0 heterocycles. The van der Waals surface area contributed by atoms with Gasteiger partial charge < -0.3 is 5.32 Å². The number of benzene rings is 2. The van der Waals surface area contributed by atoms with E-state index in [1.807, 2.05) is 6.92 Å². The van der Waals surface area contributed by atoms with E-state index in [0.717, 1.165) is 5.69 Å². The van der Waals surface area contributed by atoms with E-state index < -0.39 is 0 Å². The van der Waals surface area contributed by atoms with Gasteiger partial charge in [-0.25, -0.2) is 0 Å². The predicted molar refractivity (Wildman–Crippen MR) is 81.6 cm³/mol. The second-order valence-electron chi connectivity index (χ2n) is 4.31. The molecule has 2 rings (SSSR count). The molecule has 6 heteroatoms. The molecule has 0 aliphatic heterocycles. The van der Waals surface area contributed by atoms with Crippen molar-refractivity contribution in [2.75, 3.05) is 5.32 Å². The molecular weight excluding hydrogens is 299 g/mol. The zero-order chi connectivity index (χ0) is 14.7. The van der Waals surface area contributed by atoms with Crippen LogP contribution in [0, 0.1) is 10.1 Å². The largest absolute Gasteiger partial charge is 0.378 e. The van der Waals surface area contributed by atoms with Gasteiger partial charge in [0.2, 0.25) is 0 Å².